The van der Waals surface area contributed by atoms with Crippen molar-refractivity contribution in [2.45, 2.75) is 12.2 Å². The smallest absolute Gasteiger partial charge is 0.270 e. The predicted octanol–water partition coefficient (Wildman–Crippen LogP) is 3.06. The van der Waals surface area contributed by atoms with Gasteiger partial charge < -0.3 is 4.42 Å². The van der Waals surface area contributed by atoms with E-state index in [1.165, 1.54) is 30.0 Å². The van der Waals surface area contributed by atoms with E-state index in [1.807, 2.05) is 0 Å². The zero-order valence-electron chi connectivity index (χ0n) is 14.4. The first-order valence-electron chi connectivity index (χ1n) is 8.00. The van der Waals surface area contributed by atoms with E-state index in [2.05, 4.69) is 0 Å². The topological polar surface area (TPSA) is 111 Å². The molecule has 0 spiro atoms. The van der Waals surface area contributed by atoms with Crippen LogP contribution in [0.25, 0.3) is 17.4 Å². The summed E-state index contributed by atoms with van der Waals surface area (Å²) in [5.74, 6) is 0.416. The van der Waals surface area contributed by atoms with Crippen molar-refractivity contribution in [2.24, 2.45) is 0 Å². The van der Waals surface area contributed by atoms with E-state index < -0.39 is 20.9 Å². The third kappa shape index (κ3) is 4.32. The van der Waals surface area contributed by atoms with Gasteiger partial charge in [0.25, 0.3) is 11.6 Å². The molecule has 0 saturated carbocycles. The second-order valence-corrected chi connectivity index (χ2v) is 9.06. The summed E-state index contributed by atoms with van der Waals surface area (Å²) in [6.07, 6.45) is 1.52. The van der Waals surface area contributed by atoms with Crippen molar-refractivity contribution in [2.75, 3.05) is 6.54 Å². The average molecular weight is 439 g/mol. The van der Waals surface area contributed by atoms with E-state index in [4.69, 9.17) is 16.6 Å². The lowest BCUT2D eigenvalue weighted by molar-refractivity contribution is -0.384. The highest BCUT2D eigenvalue weighted by atomic mass is 32.2. The summed E-state index contributed by atoms with van der Waals surface area (Å²) >= 11 is 6.24. The second kappa shape index (κ2) is 8.25. The maximum Gasteiger partial charge on any atom is 0.270 e. The fourth-order valence-corrected chi connectivity index (χ4v) is 4.03. The SMILES string of the molecule is CC(CN1C(=O)C(=Cc2ccc(-c3cccc([N+](=O)[O-])c3)o2)SC1=S)[SH](=O)=O. The van der Waals surface area contributed by atoms with Crippen molar-refractivity contribution in [3.63, 3.8) is 0 Å². The largest absolute Gasteiger partial charge is 0.457 e. The molecule has 2 heterocycles. The summed E-state index contributed by atoms with van der Waals surface area (Å²) in [6.45, 7) is 1.50. The van der Waals surface area contributed by atoms with E-state index in [1.54, 1.807) is 24.3 Å². The summed E-state index contributed by atoms with van der Waals surface area (Å²) in [7, 11) is -2.66. The van der Waals surface area contributed by atoms with Crippen molar-refractivity contribution >= 4 is 56.7 Å². The Hall–Kier alpha value is -2.50. The number of rotatable bonds is 6. The van der Waals surface area contributed by atoms with Crippen LogP contribution in [0.1, 0.15) is 12.7 Å². The van der Waals surface area contributed by atoms with Gasteiger partial charge in [0, 0.05) is 30.3 Å². The van der Waals surface area contributed by atoms with Crippen molar-refractivity contribution in [1.82, 2.24) is 4.90 Å². The number of carbonyl (C=O) groups excluding carboxylic acids is 1. The normalized spacial score (nSPS) is 16.9. The second-order valence-electron chi connectivity index (χ2n) is 5.94. The highest BCUT2D eigenvalue weighted by Gasteiger charge is 2.33. The fourth-order valence-electron chi connectivity index (χ4n) is 2.48. The lowest BCUT2D eigenvalue weighted by Crippen LogP contribution is -2.35. The van der Waals surface area contributed by atoms with Gasteiger partial charge in [-0.3, -0.25) is 19.8 Å². The molecule has 0 radical (unpaired) electrons. The van der Waals surface area contributed by atoms with Gasteiger partial charge in [-0.25, -0.2) is 8.42 Å². The van der Waals surface area contributed by atoms with Gasteiger partial charge in [-0.05, 0) is 19.1 Å². The molecule has 1 fully saturated rings. The van der Waals surface area contributed by atoms with Crippen molar-refractivity contribution in [3.8, 4) is 11.3 Å². The van der Waals surface area contributed by atoms with Gasteiger partial charge in [-0.15, -0.1) is 0 Å². The first kappa shape index (κ1) is 20.2. The van der Waals surface area contributed by atoms with Crippen molar-refractivity contribution < 1.29 is 22.6 Å². The summed E-state index contributed by atoms with van der Waals surface area (Å²) in [5, 5.41) is 10.2. The molecule has 8 nitrogen and oxygen atoms in total. The number of furan rings is 1. The molecule has 11 heteroatoms. The number of non-ortho nitro benzene ring substituents is 1. The fraction of sp³-hybridized carbons (Fsp3) is 0.176. The Morgan fingerprint density at radius 1 is 1.36 bits per heavy atom. The molecule has 3 rings (SSSR count). The van der Waals surface area contributed by atoms with Gasteiger partial charge in [0.1, 0.15) is 26.5 Å². The molecular weight excluding hydrogens is 424 g/mol. The van der Waals surface area contributed by atoms with Crippen LogP contribution in [0.2, 0.25) is 0 Å². The molecule has 1 aromatic carbocycles. The molecule has 0 aliphatic carbocycles. The van der Waals surface area contributed by atoms with Crippen LogP contribution in [0.4, 0.5) is 5.69 Å². The minimum Gasteiger partial charge on any atom is -0.457 e. The van der Waals surface area contributed by atoms with Gasteiger partial charge in [0.15, 0.2) is 0 Å². The number of hydrogen-bond donors (Lipinski definition) is 1. The number of thioether (sulfide) groups is 1. The van der Waals surface area contributed by atoms with Crippen LogP contribution in [0.3, 0.4) is 0 Å². The van der Waals surface area contributed by atoms with Gasteiger partial charge in [0.05, 0.1) is 15.1 Å². The summed E-state index contributed by atoms with van der Waals surface area (Å²) < 4.78 is 28.1. The molecule has 146 valence electrons. The van der Waals surface area contributed by atoms with E-state index in [0.717, 1.165) is 11.8 Å². The Labute approximate surface area is 171 Å². The molecule has 2 aromatic rings. The van der Waals surface area contributed by atoms with Crippen LogP contribution in [0.5, 0.6) is 0 Å². The highest BCUT2D eigenvalue weighted by molar-refractivity contribution is 8.26. The minimum absolute atomic E-state index is 0.00218. The number of amides is 1. The number of carbonyl (C=O) groups is 1. The maximum atomic E-state index is 12.5. The number of benzene rings is 1. The van der Waals surface area contributed by atoms with Gasteiger partial charge in [-0.2, -0.15) is 0 Å². The lowest BCUT2D eigenvalue weighted by Gasteiger charge is -2.15. The zero-order chi connectivity index (χ0) is 20.4. The molecule has 1 saturated heterocycles. The average Bonchev–Trinajstić information content (AvgIpc) is 3.22. The summed E-state index contributed by atoms with van der Waals surface area (Å²) in [4.78, 5) is 24.5. The van der Waals surface area contributed by atoms with E-state index >= 15 is 0 Å². The Kier molecular flexibility index (Phi) is 5.96. The third-order valence-electron chi connectivity index (χ3n) is 3.92. The van der Waals surface area contributed by atoms with Gasteiger partial charge >= 0.3 is 0 Å². The highest BCUT2D eigenvalue weighted by Crippen LogP contribution is 2.34. The van der Waals surface area contributed by atoms with Crippen LogP contribution in [0, 0.1) is 10.1 Å². The molecule has 1 aromatic heterocycles. The van der Waals surface area contributed by atoms with Crippen LogP contribution in [0.15, 0.2) is 45.7 Å². The van der Waals surface area contributed by atoms with Crippen LogP contribution in [-0.2, 0) is 15.5 Å². The molecule has 1 amide bonds. The van der Waals surface area contributed by atoms with Gasteiger partial charge in [-0.1, -0.05) is 36.1 Å². The molecule has 1 atom stereocenters. The Balaban J connectivity index is 1.82. The van der Waals surface area contributed by atoms with Crippen molar-refractivity contribution in [1.29, 1.82) is 0 Å². The maximum absolute atomic E-state index is 12.5. The molecule has 28 heavy (non-hydrogen) atoms. The van der Waals surface area contributed by atoms with Crippen LogP contribution in [-0.4, -0.2) is 40.3 Å². The minimum atomic E-state index is -2.66. The third-order valence-corrected chi connectivity index (χ3v) is 6.18. The Bertz CT molecular complexity index is 1060. The molecule has 0 bridgehead atoms. The molecule has 0 N–H and O–H groups in total. The number of thiol groups is 1. The van der Waals surface area contributed by atoms with Crippen molar-refractivity contribution in [3.05, 3.63) is 57.2 Å². The predicted molar refractivity (Wildman–Crippen MR) is 110 cm³/mol. The summed E-state index contributed by atoms with van der Waals surface area (Å²) in [6, 6.07) is 9.31. The first-order chi connectivity index (χ1) is 13.3. The number of thiocarbonyl (C=S) groups is 1. The molecule has 1 aliphatic rings. The van der Waals surface area contributed by atoms with E-state index in [9.17, 15) is 23.3 Å². The molecular formula is C17H14N2O6S3. The molecule has 1 unspecified atom stereocenters. The van der Waals surface area contributed by atoms with Gasteiger partial charge in [0.2, 0.25) is 0 Å². The standard InChI is InChI=1S/C17H14N2O6S3/c1-10(28(23)24)9-18-16(20)15(27-17(18)26)8-13-5-6-14(25-13)11-3-2-4-12(7-11)19(21)22/h2-8,10,28H,9H2,1H3. The lowest BCUT2D eigenvalue weighted by atomic mass is 10.1. The summed E-state index contributed by atoms with van der Waals surface area (Å²) in [5.41, 5.74) is 0.483. The van der Waals surface area contributed by atoms with E-state index in [0.29, 0.717) is 22.0 Å². The Morgan fingerprint density at radius 3 is 2.79 bits per heavy atom. The monoisotopic (exact) mass is 438 g/mol. The first-order valence-corrected chi connectivity index (χ1v) is 10.5. The quantitative estimate of drug-likeness (QED) is 0.241. The zero-order valence-corrected chi connectivity index (χ0v) is 17.0. The van der Waals surface area contributed by atoms with E-state index in [-0.39, 0.29) is 22.5 Å². The Morgan fingerprint density at radius 2 is 2.11 bits per heavy atom. The number of nitrogens with zero attached hydrogens (tertiary/aromatic N) is 2. The van der Waals surface area contributed by atoms with Crippen LogP contribution >= 0.6 is 24.0 Å². The number of nitro benzene ring substituents is 1. The molecule has 1 aliphatic heterocycles. The number of nitro groups is 1. The number of hydrogen-bond acceptors (Lipinski definition) is 8. The van der Waals surface area contributed by atoms with Crippen LogP contribution < -0.4 is 0 Å².